The molecule has 0 unspecified atom stereocenters. The second-order valence-electron chi connectivity index (χ2n) is 4.95. The molecule has 3 aromatic rings. The maximum atomic E-state index is 5.44. The number of nitrogens with one attached hydrogen (secondary N) is 1. The number of hydrogen-bond donors (Lipinski definition) is 1. The number of rotatable bonds is 5. The average molecular weight is 290 g/mol. The van der Waals surface area contributed by atoms with E-state index in [1.807, 2.05) is 66.7 Å². The van der Waals surface area contributed by atoms with Gasteiger partial charge in [0, 0.05) is 23.4 Å². The van der Waals surface area contributed by atoms with Gasteiger partial charge in [-0.25, -0.2) is 4.98 Å². The average Bonchev–Trinajstić information content (AvgIpc) is 2.61. The number of hydrogen-bond acceptors (Lipinski definition) is 3. The lowest BCUT2D eigenvalue weighted by atomic mass is 10.1. The van der Waals surface area contributed by atoms with E-state index in [1.54, 1.807) is 7.11 Å². The monoisotopic (exact) mass is 290 g/mol. The predicted octanol–water partition coefficient (Wildman–Crippen LogP) is 4.37. The van der Waals surface area contributed by atoms with Gasteiger partial charge in [0.1, 0.15) is 0 Å². The highest BCUT2D eigenvalue weighted by atomic mass is 16.5. The topological polar surface area (TPSA) is 34.1 Å². The Balaban J connectivity index is 1.80. The number of anilines is 1. The van der Waals surface area contributed by atoms with Gasteiger partial charge in [0.2, 0.25) is 5.88 Å². The summed E-state index contributed by atoms with van der Waals surface area (Å²) < 4.78 is 5.44. The lowest BCUT2D eigenvalue weighted by Crippen LogP contribution is -2.03. The highest BCUT2D eigenvalue weighted by Gasteiger charge is 2.07. The van der Waals surface area contributed by atoms with Crippen molar-refractivity contribution >= 4 is 5.69 Å². The van der Waals surface area contributed by atoms with Crippen molar-refractivity contribution in [3.05, 3.63) is 78.4 Å². The van der Waals surface area contributed by atoms with Crippen LogP contribution in [0.2, 0.25) is 0 Å². The Bertz CT molecular complexity index is 727. The van der Waals surface area contributed by atoms with Gasteiger partial charge in [-0.15, -0.1) is 0 Å². The molecule has 0 bridgehead atoms. The molecule has 0 fully saturated rings. The van der Waals surface area contributed by atoms with Crippen molar-refractivity contribution in [2.24, 2.45) is 0 Å². The second-order valence-corrected chi connectivity index (χ2v) is 4.95. The van der Waals surface area contributed by atoms with Gasteiger partial charge < -0.3 is 10.1 Å². The van der Waals surface area contributed by atoms with Gasteiger partial charge in [-0.05, 0) is 24.3 Å². The molecule has 2 aromatic carbocycles. The summed E-state index contributed by atoms with van der Waals surface area (Å²) in [4.78, 5) is 4.61. The fraction of sp³-hybridized carbons (Fsp3) is 0.105. The van der Waals surface area contributed by atoms with Crippen LogP contribution in [0, 0.1) is 0 Å². The maximum absolute atomic E-state index is 5.44. The molecule has 1 heterocycles. The molecular formula is C19H18N2O. The van der Waals surface area contributed by atoms with Gasteiger partial charge in [0.15, 0.2) is 0 Å². The van der Waals surface area contributed by atoms with Gasteiger partial charge in [-0.3, -0.25) is 0 Å². The zero-order chi connectivity index (χ0) is 15.2. The maximum Gasteiger partial charge on any atom is 0.218 e. The van der Waals surface area contributed by atoms with Crippen LogP contribution >= 0.6 is 0 Å². The highest BCUT2D eigenvalue weighted by molar-refractivity contribution is 5.60. The van der Waals surface area contributed by atoms with Crippen molar-refractivity contribution in [3.63, 3.8) is 0 Å². The Morgan fingerprint density at radius 3 is 2.23 bits per heavy atom. The van der Waals surface area contributed by atoms with Crippen LogP contribution < -0.4 is 10.1 Å². The van der Waals surface area contributed by atoms with E-state index in [0.717, 1.165) is 22.5 Å². The molecule has 0 radical (unpaired) electrons. The Morgan fingerprint density at radius 1 is 0.864 bits per heavy atom. The molecule has 0 atom stereocenters. The molecule has 0 aliphatic carbocycles. The minimum absolute atomic E-state index is 0.657. The summed E-state index contributed by atoms with van der Waals surface area (Å²) in [6.07, 6.45) is 0. The molecule has 110 valence electrons. The largest absolute Gasteiger partial charge is 0.481 e. The number of ether oxygens (including phenoxy) is 1. The van der Waals surface area contributed by atoms with Gasteiger partial charge in [-0.1, -0.05) is 48.5 Å². The van der Waals surface area contributed by atoms with Gasteiger partial charge in [0.05, 0.1) is 12.8 Å². The normalized spacial score (nSPS) is 10.2. The number of aromatic nitrogens is 1. The number of benzene rings is 2. The van der Waals surface area contributed by atoms with Crippen molar-refractivity contribution in [2.75, 3.05) is 12.4 Å². The number of nitrogens with zero attached hydrogens (tertiary/aromatic N) is 1. The minimum atomic E-state index is 0.657. The zero-order valence-corrected chi connectivity index (χ0v) is 12.5. The lowest BCUT2D eigenvalue weighted by Gasteiger charge is -2.11. The van der Waals surface area contributed by atoms with Crippen molar-refractivity contribution in [3.8, 4) is 17.1 Å². The minimum Gasteiger partial charge on any atom is -0.481 e. The van der Waals surface area contributed by atoms with E-state index in [2.05, 4.69) is 16.4 Å². The molecule has 1 N–H and O–H groups in total. The zero-order valence-electron chi connectivity index (χ0n) is 12.5. The van der Waals surface area contributed by atoms with Crippen molar-refractivity contribution < 1.29 is 4.74 Å². The van der Waals surface area contributed by atoms with E-state index < -0.39 is 0 Å². The standard InChI is InChI=1S/C19H18N2O/c1-22-19-16(14-20-17-10-6-3-7-11-17)12-13-18(21-19)15-8-4-2-5-9-15/h2-13,20H,14H2,1H3. The first kappa shape index (κ1) is 14.1. The first-order valence-electron chi connectivity index (χ1n) is 7.25. The molecule has 22 heavy (non-hydrogen) atoms. The van der Waals surface area contributed by atoms with E-state index in [9.17, 15) is 0 Å². The third-order valence-electron chi connectivity index (χ3n) is 3.46. The summed E-state index contributed by atoms with van der Waals surface area (Å²) in [5.41, 5.74) is 4.12. The number of para-hydroxylation sites is 1. The van der Waals surface area contributed by atoms with Crippen LogP contribution in [0.4, 0.5) is 5.69 Å². The third kappa shape index (κ3) is 3.26. The van der Waals surface area contributed by atoms with Crippen molar-refractivity contribution in [1.29, 1.82) is 0 Å². The molecule has 3 heteroatoms. The molecule has 1 aromatic heterocycles. The van der Waals surface area contributed by atoms with E-state index in [-0.39, 0.29) is 0 Å². The predicted molar refractivity (Wildman–Crippen MR) is 90.0 cm³/mol. The van der Waals surface area contributed by atoms with Crippen LogP contribution in [0.1, 0.15) is 5.56 Å². The van der Waals surface area contributed by atoms with Crippen LogP contribution in [0.15, 0.2) is 72.8 Å². The van der Waals surface area contributed by atoms with E-state index in [1.165, 1.54) is 0 Å². The number of methoxy groups -OCH3 is 1. The molecule has 0 aliphatic rings. The summed E-state index contributed by atoms with van der Waals surface area (Å²) in [6.45, 7) is 0.676. The Morgan fingerprint density at radius 2 is 1.55 bits per heavy atom. The van der Waals surface area contributed by atoms with E-state index in [0.29, 0.717) is 12.4 Å². The van der Waals surface area contributed by atoms with Gasteiger partial charge in [-0.2, -0.15) is 0 Å². The SMILES string of the molecule is COc1nc(-c2ccccc2)ccc1CNc1ccccc1. The molecule has 0 saturated carbocycles. The fourth-order valence-corrected chi connectivity index (χ4v) is 2.30. The molecule has 3 rings (SSSR count). The van der Waals surface area contributed by atoms with Crippen LogP contribution in [0.3, 0.4) is 0 Å². The summed E-state index contributed by atoms with van der Waals surface area (Å²) in [5, 5.41) is 3.37. The van der Waals surface area contributed by atoms with Crippen LogP contribution in [-0.2, 0) is 6.54 Å². The highest BCUT2D eigenvalue weighted by Crippen LogP contribution is 2.23. The fourth-order valence-electron chi connectivity index (χ4n) is 2.30. The van der Waals surface area contributed by atoms with Gasteiger partial charge in [0.25, 0.3) is 0 Å². The summed E-state index contributed by atoms with van der Waals surface area (Å²) in [5.74, 6) is 0.657. The summed E-state index contributed by atoms with van der Waals surface area (Å²) in [7, 11) is 1.66. The van der Waals surface area contributed by atoms with Crippen LogP contribution in [0.5, 0.6) is 5.88 Å². The second kappa shape index (κ2) is 6.76. The number of pyridine rings is 1. The van der Waals surface area contributed by atoms with Crippen LogP contribution in [-0.4, -0.2) is 12.1 Å². The molecular weight excluding hydrogens is 272 g/mol. The Labute approximate surface area is 130 Å². The molecule has 0 aliphatic heterocycles. The molecule has 0 saturated heterocycles. The van der Waals surface area contributed by atoms with E-state index >= 15 is 0 Å². The quantitative estimate of drug-likeness (QED) is 0.757. The third-order valence-corrected chi connectivity index (χ3v) is 3.46. The molecule has 3 nitrogen and oxygen atoms in total. The smallest absolute Gasteiger partial charge is 0.218 e. The van der Waals surface area contributed by atoms with Crippen molar-refractivity contribution in [1.82, 2.24) is 4.98 Å². The Kier molecular flexibility index (Phi) is 4.35. The molecule has 0 spiro atoms. The lowest BCUT2D eigenvalue weighted by molar-refractivity contribution is 0.393. The van der Waals surface area contributed by atoms with Gasteiger partial charge >= 0.3 is 0 Å². The van der Waals surface area contributed by atoms with Crippen LogP contribution in [0.25, 0.3) is 11.3 Å². The summed E-state index contributed by atoms with van der Waals surface area (Å²) in [6, 6.07) is 24.3. The Hall–Kier alpha value is -2.81. The van der Waals surface area contributed by atoms with Crippen molar-refractivity contribution in [2.45, 2.75) is 6.54 Å². The first-order valence-corrected chi connectivity index (χ1v) is 7.25. The first-order chi connectivity index (χ1) is 10.9. The van der Waals surface area contributed by atoms with E-state index in [4.69, 9.17) is 4.74 Å². The molecule has 0 amide bonds. The summed E-state index contributed by atoms with van der Waals surface area (Å²) >= 11 is 0.